The molecule has 0 aliphatic carbocycles. The minimum atomic E-state index is 0.223. The van der Waals surface area contributed by atoms with Crippen molar-refractivity contribution in [1.82, 2.24) is 5.32 Å². The van der Waals surface area contributed by atoms with Crippen molar-refractivity contribution in [2.24, 2.45) is 0 Å². The molecule has 0 spiro atoms. The molecule has 0 aliphatic rings. The molecule has 0 aromatic carbocycles. The van der Waals surface area contributed by atoms with Crippen molar-refractivity contribution in [2.45, 2.75) is 13.0 Å². The molecule has 0 aliphatic heterocycles. The SMILES string of the molecule is N#Cc1ccc(CNCCCO)s1. The van der Waals surface area contributed by atoms with Crippen LogP contribution < -0.4 is 5.32 Å². The summed E-state index contributed by atoms with van der Waals surface area (Å²) in [4.78, 5) is 1.91. The Bertz CT molecular complexity index is 290. The first-order valence-corrected chi connectivity index (χ1v) is 4.99. The fourth-order valence-electron chi connectivity index (χ4n) is 0.949. The minimum absolute atomic E-state index is 0.223. The Morgan fingerprint density at radius 1 is 1.54 bits per heavy atom. The Morgan fingerprint density at radius 2 is 2.38 bits per heavy atom. The molecule has 3 nitrogen and oxygen atoms in total. The fraction of sp³-hybridized carbons (Fsp3) is 0.444. The monoisotopic (exact) mass is 196 g/mol. The molecule has 0 amide bonds. The summed E-state index contributed by atoms with van der Waals surface area (Å²) >= 11 is 1.50. The van der Waals surface area contributed by atoms with E-state index in [0.29, 0.717) is 0 Å². The summed E-state index contributed by atoms with van der Waals surface area (Å²) in [7, 11) is 0. The van der Waals surface area contributed by atoms with Crippen molar-refractivity contribution in [3.8, 4) is 6.07 Å². The van der Waals surface area contributed by atoms with Gasteiger partial charge in [-0.3, -0.25) is 0 Å². The van der Waals surface area contributed by atoms with Gasteiger partial charge in [0.25, 0.3) is 0 Å². The van der Waals surface area contributed by atoms with Gasteiger partial charge in [-0.05, 0) is 25.1 Å². The highest BCUT2D eigenvalue weighted by Crippen LogP contribution is 2.14. The van der Waals surface area contributed by atoms with Gasteiger partial charge in [0.1, 0.15) is 10.9 Å². The van der Waals surface area contributed by atoms with E-state index in [1.165, 1.54) is 11.3 Å². The van der Waals surface area contributed by atoms with Crippen LogP contribution in [0.3, 0.4) is 0 Å². The fourth-order valence-corrected chi connectivity index (χ4v) is 1.72. The van der Waals surface area contributed by atoms with Crippen molar-refractivity contribution < 1.29 is 5.11 Å². The Balaban J connectivity index is 2.25. The molecule has 2 N–H and O–H groups in total. The second kappa shape index (κ2) is 5.70. The smallest absolute Gasteiger partial charge is 0.110 e. The van der Waals surface area contributed by atoms with Crippen LogP contribution in [0.4, 0.5) is 0 Å². The second-order valence-corrected chi connectivity index (χ2v) is 3.80. The van der Waals surface area contributed by atoms with Crippen LogP contribution in [0, 0.1) is 11.3 Å². The molecule has 70 valence electrons. The molecule has 4 heteroatoms. The van der Waals surface area contributed by atoms with Gasteiger partial charge >= 0.3 is 0 Å². The molecule has 0 bridgehead atoms. The van der Waals surface area contributed by atoms with Crippen LogP contribution in [0.15, 0.2) is 12.1 Å². The average molecular weight is 196 g/mol. The number of thiophene rings is 1. The van der Waals surface area contributed by atoms with Gasteiger partial charge < -0.3 is 10.4 Å². The Morgan fingerprint density at radius 3 is 3.00 bits per heavy atom. The number of hydrogen-bond donors (Lipinski definition) is 2. The lowest BCUT2D eigenvalue weighted by Gasteiger charge is -1.99. The van der Waals surface area contributed by atoms with E-state index in [0.717, 1.165) is 29.3 Å². The summed E-state index contributed by atoms with van der Waals surface area (Å²) in [6.07, 6.45) is 0.774. The maximum absolute atomic E-state index is 8.57. The summed E-state index contributed by atoms with van der Waals surface area (Å²) in [5.41, 5.74) is 0. The summed E-state index contributed by atoms with van der Waals surface area (Å²) in [5.74, 6) is 0. The zero-order chi connectivity index (χ0) is 9.52. The average Bonchev–Trinajstić information content (AvgIpc) is 2.60. The van der Waals surface area contributed by atoms with Crippen LogP contribution in [0.2, 0.25) is 0 Å². The minimum Gasteiger partial charge on any atom is -0.396 e. The Labute approximate surface area is 81.6 Å². The first kappa shape index (κ1) is 10.2. The number of rotatable bonds is 5. The molecule has 13 heavy (non-hydrogen) atoms. The van der Waals surface area contributed by atoms with Gasteiger partial charge in [0.2, 0.25) is 0 Å². The molecule has 0 saturated heterocycles. The second-order valence-electron chi connectivity index (χ2n) is 2.63. The van der Waals surface area contributed by atoms with E-state index >= 15 is 0 Å². The van der Waals surface area contributed by atoms with Crippen LogP contribution >= 0.6 is 11.3 Å². The number of aliphatic hydroxyl groups is 1. The van der Waals surface area contributed by atoms with Gasteiger partial charge in [-0.2, -0.15) is 5.26 Å². The van der Waals surface area contributed by atoms with Crippen molar-refractivity contribution >= 4 is 11.3 Å². The van der Waals surface area contributed by atoms with Crippen molar-refractivity contribution in [2.75, 3.05) is 13.2 Å². The van der Waals surface area contributed by atoms with Crippen LogP contribution in [-0.4, -0.2) is 18.3 Å². The lowest BCUT2D eigenvalue weighted by atomic mass is 10.4. The van der Waals surface area contributed by atoms with E-state index in [9.17, 15) is 0 Å². The zero-order valence-corrected chi connectivity index (χ0v) is 8.10. The summed E-state index contributed by atoms with van der Waals surface area (Å²) < 4.78 is 0. The maximum atomic E-state index is 8.57. The summed E-state index contributed by atoms with van der Waals surface area (Å²) in [5, 5.41) is 20.3. The van der Waals surface area contributed by atoms with Crippen molar-refractivity contribution in [3.63, 3.8) is 0 Å². The van der Waals surface area contributed by atoms with Gasteiger partial charge in [0.05, 0.1) is 0 Å². The highest BCUT2D eigenvalue weighted by atomic mass is 32.1. The number of nitriles is 1. The van der Waals surface area contributed by atoms with E-state index in [1.54, 1.807) is 0 Å². The van der Waals surface area contributed by atoms with Gasteiger partial charge in [-0.25, -0.2) is 0 Å². The molecule has 0 unspecified atom stereocenters. The molecule has 0 fully saturated rings. The van der Waals surface area contributed by atoms with E-state index in [1.807, 2.05) is 12.1 Å². The molecule has 0 atom stereocenters. The number of nitrogens with zero attached hydrogens (tertiary/aromatic N) is 1. The predicted octanol–water partition coefficient (Wildman–Crippen LogP) is 1.09. The third kappa shape index (κ3) is 3.55. The van der Waals surface area contributed by atoms with E-state index < -0.39 is 0 Å². The van der Waals surface area contributed by atoms with Crippen LogP contribution in [-0.2, 0) is 6.54 Å². The van der Waals surface area contributed by atoms with Crippen LogP contribution in [0.25, 0.3) is 0 Å². The topological polar surface area (TPSA) is 56.0 Å². The van der Waals surface area contributed by atoms with Crippen LogP contribution in [0.1, 0.15) is 16.2 Å². The first-order valence-electron chi connectivity index (χ1n) is 4.17. The molecule has 1 aromatic rings. The third-order valence-corrected chi connectivity index (χ3v) is 2.57. The van der Waals surface area contributed by atoms with Gasteiger partial charge in [-0.1, -0.05) is 0 Å². The lowest BCUT2D eigenvalue weighted by Crippen LogP contribution is -2.14. The first-order chi connectivity index (χ1) is 6.36. The molecule has 1 heterocycles. The third-order valence-electron chi connectivity index (χ3n) is 1.58. The molecular weight excluding hydrogens is 184 g/mol. The Kier molecular flexibility index (Phi) is 4.47. The largest absolute Gasteiger partial charge is 0.396 e. The van der Waals surface area contributed by atoms with Crippen molar-refractivity contribution in [1.29, 1.82) is 5.26 Å². The van der Waals surface area contributed by atoms with Gasteiger partial charge in [-0.15, -0.1) is 11.3 Å². The van der Waals surface area contributed by atoms with E-state index in [4.69, 9.17) is 10.4 Å². The lowest BCUT2D eigenvalue weighted by molar-refractivity contribution is 0.286. The van der Waals surface area contributed by atoms with Crippen molar-refractivity contribution in [3.05, 3.63) is 21.9 Å². The predicted molar refractivity (Wildman–Crippen MR) is 52.4 cm³/mol. The van der Waals surface area contributed by atoms with Gasteiger partial charge in [0.15, 0.2) is 0 Å². The molecular formula is C9H12N2OS. The quantitative estimate of drug-likeness (QED) is 0.693. The van der Waals surface area contributed by atoms with Crippen LogP contribution in [0.5, 0.6) is 0 Å². The maximum Gasteiger partial charge on any atom is 0.110 e. The summed E-state index contributed by atoms with van der Waals surface area (Å²) in [6.45, 7) is 1.82. The highest BCUT2D eigenvalue weighted by Gasteiger charge is 1.97. The van der Waals surface area contributed by atoms with Gasteiger partial charge in [0, 0.05) is 18.0 Å². The number of hydrogen-bond acceptors (Lipinski definition) is 4. The summed E-state index contributed by atoms with van der Waals surface area (Å²) in [6, 6.07) is 5.88. The standard InChI is InChI=1S/C9H12N2OS/c10-6-8-2-3-9(13-8)7-11-4-1-5-12/h2-3,11-12H,1,4-5,7H2. The van der Waals surface area contributed by atoms with E-state index in [2.05, 4.69) is 11.4 Å². The Hall–Kier alpha value is -0.890. The normalized spacial score (nSPS) is 9.85. The number of aliphatic hydroxyl groups excluding tert-OH is 1. The molecule has 1 rings (SSSR count). The number of nitrogens with one attached hydrogen (secondary N) is 1. The molecule has 1 aromatic heterocycles. The molecule has 0 radical (unpaired) electrons. The zero-order valence-electron chi connectivity index (χ0n) is 7.29. The highest BCUT2D eigenvalue weighted by molar-refractivity contribution is 7.12. The molecule has 0 saturated carbocycles. The van der Waals surface area contributed by atoms with E-state index in [-0.39, 0.29) is 6.61 Å².